The molecular formula is C24H24N4O. The highest BCUT2D eigenvalue weighted by Gasteiger charge is 2.33. The Balaban J connectivity index is 1.29. The summed E-state index contributed by atoms with van der Waals surface area (Å²) in [6, 6.07) is 20.2. The molecule has 2 aromatic carbocycles. The molecule has 0 atom stereocenters. The average molecular weight is 384 g/mol. The van der Waals surface area contributed by atoms with Gasteiger partial charge in [0.25, 0.3) is 0 Å². The van der Waals surface area contributed by atoms with Crippen molar-refractivity contribution in [1.29, 1.82) is 0 Å². The van der Waals surface area contributed by atoms with Crippen LogP contribution in [0, 0.1) is 0 Å². The molecule has 0 amide bonds. The van der Waals surface area contributed by atoms with E-state index < -0.39 is 5.60 Å². The van der Waals surface area contributed by atoms with Gasteiger partial charge in [-0.05, 0) is 24.0 Å². The van der Waals surface area contributed by atoms with E-state index in [0.29, 0.717) is 0 Å². The molecule has 146 valence electrons. The number of rotatable bonds is 4. The van der Waals surface area contributed by atoms with Gasteiger partial charge in [0, 0.05) is 43.2 Å². The maximum atomic E-state index is 11.0. The average Bonchev–Trinajstić information content (AvgIpc) is 3.20. The minimum absolute atomic E-state index is 0.716. The predicted octanol–water partition coefficient (Wildman–Crippen LogP) is 3.88. The number of hydrogen-bond acceptors (Lipinski definition) is 4. The van der Waals surface area contributed by atoms with Crippen molar-refractivity contribution >= 4 is 5.65 Å². The van der Waals surface area contributed by atoms with Crippen molar-refractivity contribution in [3.63, 3.8) is 0 Å². The fraction of sp³-hybridized carbons (Fsp3) is 0.250. The predicted molar refractivity (Wildman–Crippen MR) is 113 cm³/mol. The van der Waals surface area contributed by atoms with Crippen LogP contribution < -0.4 is 0 Å². The normalized spacial score (nSPS) is 16.9. The number of nitrogens with zero attached hydrogens (tertiary/aromatic N) is 4. The highest BCUT2D eigenvalue weighted by molar-refractivity contribution is 5.76. The molecule has 2 aromatic heterocycles. The number of hydrogen-bond donors (Lipinski definition) is 1. The van der Waals surface area contributed by atoms with Gasteiger partial charge in [-0.15, -0.1) is 0 Å². The Bertz CT molecular complexity index is 1100. The number of fused-ring (bicyclic) bond motifs is 1. The summed E-state index contributed by atoms with van der Waals surface area (Å²) in [4.78, 5) is 7.06. The van der Waals surface area contributed by atoms with Crippen LogP contribution in [0.1, 0.15) is 24.0 Å². The van der Waals surface area contributed by atoms with Gasteiger partial charge in [-0.1, -0.05) is 60.7 Å². The fourth-order valence-electron chi connectivity index (χ4n) is 4.19. The lowest BCUT2D eigenvalue weighted by atomic mass is 9.84. The van der Waals surface area contributed by atoms with E-state index in [-0.39, 0.29) is 0 Å². The molecule has 1 saturated heterocycles. The molecule has 1 N–H and O–H groups in total. The van der Waals surface area contributed by atoms with Crippen LogP contribution in [0.2, 0.25) is 0 Å². The summed E-state index contributed by atoms with van der Waals surface area (Å²) in [5.74, 6) is 0. The Morgan fingerprint density at radius 3 is 2.31 bits per heavy atom. The molecule has 5 nitrogen and oxygen atoms in total. The molecule has 0 bridgehead atoms. The maximum absolute atomic E-state index is 11.0. The number of likely N-dealkylation sites (tertiary alicyclic amines) is 1. The third-order valence-corrected chi connectivity index (χ3v) is 5.90. The van der Waals surface area contributed by atoms with Crippen molar-refractivity contribution in [2.24, 2.45) is 0 Å². The monoisotopic (exact) mass is 384 g/mol. The van der Waals surface area contributed by atoms with Crippen LogP contribution in [0.5, 0.6) is 0 Å². The smallest absolute Gasteiger partial charge is 0.162 e. The molecule has 0 saturated carbocycles. The van der Waals surface area contributed by atoms with Crippen molar-refractivity contribution in [3.8, 4) is 11.1 Å². The third-order valence-electron chi connectivity index (χ3n) is 5.90. The standard InChI is InChI=1S/C24H24N4O/c29-24(21-9-5-2-6-10-21)11-13-27(14-12-24)17-19-15-25-23-22(16-26-28(23)18-19)20-7-3-1-4-8-20/h1-10,15-16,18,29H,11-14,17H2. The zero-order valence-electron chi connectivity index (χ0n) is 16.3. The van der Waals surface area contributed by atoms with Crippen LogP contribution in [-0.2, 0) is 12.1 Å². The van der Waals surface area contributed by atoms with E-state index in [1.807, 2.05) is 65.4 Å². The van der Waals surface area contributed by atoms with Gasteiger partial charge in [-0.25, -0.2) is 9.50 Å². The highest BCUT2D eigenvalue weighted by Crippen LogP contribution is 2.33. The van der Waals surface area contributed by atoms with E-state index >= 15 is 0 Å². The molecule has 5 rings (SSSR count). The zero-order chi connectivity index (χ0) is 19.7. The van der Waals surface area contributed by atoms with Gasteiger partial charge in [0.1, 0.15) is 0 Å². The van der Waals surface area contributed by atoms with Gasteiger partial charge in [0.15, 0.2) is 5.65 Å². The lowest BCUT2D eigenvalue weighted by molar-refractivity contribution is -0.0277. The van der Waals surface area contributed by atoms with Crippen molar-refractivity contribution in [2.75, 3.05) is 13.1 Å². The summed E-state index contributed by atoms with van der Waals surface area (Å²) in [5.41, 5.74) is 4.48. The van der Waals surface area contributed by atoms with Crippen LogP contribution in [0.4, 0.5) is 0 Å². The fourth-order valence-corrected chi connectivity index (χ4v) is 4.19. The molecular weight excluding hydrogens is 360 g/mol. The van der Waals surface area contributed by atoms with Crippen molar-refractivity contribution in [1.82, 2.24) is 19.5 Å². The molecule has 1 aliphatic rings. The molecule has 0 spiro atoms. The summed E-state index contributed by atoms with van der Waals surface area (Å²) in [6.07, 6.45) is 7.37. The molecule has 29 heavy (non-hydrogen) atoms. The molecule has 1 aliphatic heterocycles. The highest BCUT2D eigenvalue weighted by atomic mass is 16.3. The van der Waals surface area contributed by atoms with E-state index in [2.05, 4.69) is 33.3 Å². The van der Waals surface area contributed by atoms with E-state index in [0.717, 1.165) is 60.4 Å². The first kappa shape index (κ1) is 18.0. The van der Waals surface area contributed by atoms with Crippen molar-refractivity contribution in [2.45, 2.75) is 25.0 Å². The summed E-state index contributed by atoms with van der Waals surface area (Å²) >= 11 is 0. The van der Waals surface area contributed by atoms with Gasteiger partial charge < -0.3 is 5.11 Å². The first-order valence-corrected chi connectivity index (χ1v) is 10.1. The SMILES string of the molecule is OC1(c2ccccc2)CCN(Cc2cnc3c(-c4ccccc4)cnn3c2)CC1. The summed E-state index contributed by atoms with van der Waals surface area (Å²) in [5, 5.41) is 15.5. The molecule has 1 fully saturated rings. The van der Waals surface area contributed by atoms with Gasteiger partial charge in [0.05, 0.1) is 11.8 Å². The van der Waals surface area contributed by atoms with E-state index in [9.17, 15) is 5.11 Å². The van der Waals surface area contributed by atoms with Crippen molar-refractivity contribution in [3.05, 3.63) is 90.4 Å². The van der Waals surface area contributed by atoms with E-state index in [1.165, 1.54) is 0 Å². The number of aromatic nitrogens is 3. The Kier molecular flexibility index (Phi) is 4.62. The quantitative estimate of drug-likeness (QED) is 0.580. The van der Waals surface area contributed by atoms with Gasteiger partial charge in [-0.2, -0.15) is 5.10 Å². The summed E-state index contributed by atoms with van der Waals surface area (Å²) < 4.78 is 1.86. The zero-order valence-corrected chi connectivity index (χ0v) is 16.3. The lowest BCUT2D eigenvalue weighted by Crippen LogP contribution is -2.42. The summed E-state index contributed by atoms with van der Waals surface area (Å²) in [6.45, 7) is 2.53. The minimum Gasteiger partial charge on any atom is -0.385 e. The second-order valence-corrected chi connectivity index (χ2v) is 7.83. The van der Waals surface area contributed by atoms with Crippen LogP contribution in [0.15, 0.2) is 79.3 Å². The van der Waals surface area contributed by atoms with E-state index in [1.54, 1.807) is 0 Å². The molecule has 0 aliphatic carbocycles. The van der Waals surface area contributed by atoms with Gasteiger partial charge in [0.2, 0.25) is 0 Å². The van der Waals surface area contributed by atoms with Gasteiger partial charge in [-0.3, -0.25) is 4.90 Å². The maximum Gasteiger partial charge on any atom is 0.162 e. The molecule has 0 radical (unpaired) electrons. The molecule has 5 heteroatoms. The van der Waals surface area contributed by atoms with Crippen molar-refractivity contribution < 1.29 is 5.11 Å². The third kappa shape index (κ3) is 3.55. The topological polar surface area (TPSA) is 53.7 Å². The largest absolute Gasteiger partial charge is 0.385 e. The first-order valence-electron chi connectivity index (χ1n) is 10.1. The Morgan fingerprint density at radius 1 is 0.897 bits per heavy atom. The van der Waals surface area contributed by atoms with Crippen LogP contribution >= 0.6 is 0 Å². The Hall–Kier alpha value is -3.02. The molecule has 3 heterocycles. The summed E-state index contributed by atoms with van der Waals surface area (Å²) in [7, 11) is 0. The Labute approximate surface area is 170 Å². The second-order valence-electron chi connectivity index (χ2n) is 7.83. The molecule has 4 aromatic rings. The number of piperidine rings is 1. The van der Waals surface area contributed by atoms with Crippen LogP contribution in [-0.4, -0.2) is 37.7 Å². The number of aliphatic hydroxyl groups is 1. The minimum atomic E-state index is -0.716. The number of benzene rings is 2. The van der Waals surface area contributed by atoms with Gasteiger partial charge >= 0.3 is 0 Å². The van der Waals surface area contributed by atoms with Crippen LogP contribution in [0.3, 0.4) is 0 Å². The van der Waals surface area contributed by atoms with E-state index in [4.69, 9.17) is 0 Å². The second kappa shape index (κ2) is 7.43. The lowest BCUT2D eigenvalue weighted by Gasteiger charge is -2.38. The van der Waals surface area contributed by atoms with Crippen LogP contribution in [0.25, 0.3) is 16.8 Å². The molecule has 0 unspecified atom stereocenters. The first-order chi connectivity index (χ1) is 14.2. The Morgan fingerprint density at radius 2 is 1.59 bits per heavy atom.